The largest absolute Gasteiger partial charge is 0.490 e. The van der Waals surface area contributed by atoms with Crippen LogP contribution in [0.4, 0.5) is 0 Å². The molecule has 1 aliphatic rings. The molecule has 31 heavy (non-hydrogen) atoms. The van der Waals surface area contributed by atoms with Gasteiger partial charge >= 0.3 is 11.8 Å². The van der Waals surface area contributed by atoms with Gasteiger partial charge in [-0.25, -0.2) is 5.43 Å². The highest BCUT2D eigenvalue weighted by Gasteiger charge is 2.20. The fraction of sp³-hybridized carbons (Fsp3) is 0.524. The Labute approximate surface area is 196 Å². The quantitative estimate of drug-likeness (QED) is 0.214. The van der Waals surface area contributed by atoms with Crippen LogP contribution in [-0.2, 0) is 14.4 Å². The van der Waals surface area contributed by atoms with Crippen LogP contribution in [0.1, 0.15) is 45.6 Å². The highest BCUT2D eigenvalue weighted by atomic mass is 127. The molecular formula is C21H29IN4O5. The molecule has 0 saturated carbocycles. The van der Waals surface area contributed by atoms with Gasteiger partial charge in [0.05, 0.1) is 16.4 Å². The van der Waals surface area contributed by atoms with E-state index in [4.69, 9.17) is 9.47 Å². The zero-order valence-corrected chi connectivity index (χ0v) is 20.2. The maximum Gasteiger partial charge on any atom is 0.329 e. The van der Waals surface area contributed by atoms with E-state index in [-0.39, 0.29) is 18.6 Å². The number of carbonyl (C=O) groups is 3. The molecule has 0 spiro atoms. The average Bonchev–Trinajstić information content (AvgIpc) is 3.28. The van der Waals surface area contributed by atoms with E-state index in [2.05, 4.69) is 38.4 Å². The fourth-order valence-corrected chi connectivity index (χ4v) is 3.65. The summed E-state index contributed by atoms with van der Waals surface area (Å²) in [5, 5.41) is 6.42. The molecule has 2 rings (SSSR count). The Bertz CT molecular complexity index is 824. The van der Waals surface area contributed by atoms with Crippen LogP contribution in [0.15, 0.2) is 17.2 Å². The lowest BCUT2D eigenvalue weighted by Crippen LogP contribution is -2.41. The molecule has 0 aromatic heterocycles. The maximum atomic E-state index is 12.3. The zero-order chi connectivity index (χ0) is 22.8. The topological polar surface area (TPSA) is 109 Å². The van der Waals surface area contributed by atoms with Gasteiger partial charge in [-0.05, 0) is 73.4 Å². The molecule has 1 saturated heterocycles. The maximum absolute atomic E-state index is 12.3. The van der Waals surface area contributed by atoms with Crippen molar-refractivity contribution in [3.8, 4) is 11.5 Å². The van der Waals surface area contributed by atoms with Gasteiger partial charge in [0.15, 0.2) is 18.1 Å². The van der Waals surface area contributed by atoms with Gasteiger partial charge in [-0.1, -0.05) is 6.92 Å². The van der Waals surface area contributed by atoms with Crippen molar-refractivity contribution in [3.05, 3.63) is 21.3 Å². The van der Waals surface area contributed by atoms with E-state index in [1.165, 1.54) is 6.21 Å². The summed E-state index contributed by atoms with van der Waals surface area (Å²) in [7, 11) is 0. The van der Waals surface area contributed by atoms with Gasteiger partial charge in [-0.2, -0.15) is 5.10 Å². The van der Waals surface area contributed by atoms with Crippen molar-refractivity contribution < 1.29 is 23.9 Å². The number of hydrazone groups is 1. The standard InChI is InChI=1S/C21H29IN4O5/c1-4-14(3)24-20(28)21(29)25-23-12-15-10-16(22)19(17(11-15)30-5-2)31-13-18(27)26-8-6-7-9-26/h10-12,14H,4-9,13H2,1-3H3,(H,24,28)(H,25,29)/b23-12-/t14-/m0/s1. The highest BCUT2D eigenvalue weighted by Crippen LogP contribution is 2.34. The third kappa shape index (κ3) is 7.67. The molecule has 0 radical (unpaired) electrons. The van der Waals surface area contributed by atoms with Crippen molar-refractivity contribution in [2.45, 2.75) is 46.1 Å². The molecule has 1 aliphatic heterocycles. The molecule has 0 aliphatic carbocycles. The van der Waals surface area contributed by atoms with E-state index in [1.54, 1.807) is 17.0 Å². The third-order valence-electron chi connectivity index (χ3n) is 4.71. The molecule has 3 amide bonds. The first-order chi connectivity index (χ1) is 14.8. The van der Waals surface area contributed by atoms with E-state index in [0.717, 1.165) is 35.9 Å². The second-order valence-electron chi connectivity index (χ2n) is 7.12. The zero-order valence-electron chi connectivity index (χ0n) is 18.1. The lowest BCUT2D eigenvalue weighted by Gasteiger charge is -2.18. The number of halogens is 1. The normalized spacial score (nSPS) is 14.4. The van der Waals surface area contributed by atoms with Gasteiger partial charge in [-0.15, -0.1) is 0 Å². The van der Waals surface area contributed by atoms with Crippen molar-refractivity contribution in [1.82, 2.24) is 15.6 Å². The Morgan fingerprint density at radius 2 is 1.90 bits per heavy atom. The fourth-order valence-electron chi connectivity index (χ4n) is 2.86. The number of hydrogen-bond donors (Lipinski definition) is 2. The summed E-state index contributed by atoms with van der Waals surface area (Å²) in [5.74, 6) is -0.644. The monoisotopic (exact) mass is 544 g/mol. The second-order valence-corrected chi connectivity index (χ2v) is 8.28. The van der Waals surface area contributed by atoms with Crippen LogP contribution in [0.25, 0.3) is 0 Å². The van der Waals surface area contributed by atoms with Crippen LogP contribution in [0.3, 0.4) is 0 Å². The summed E-state index contributed by atoms with van der Waals surface area (Å²) in [6.45, 7) is 7.48. The predicted octanol–water partition coefficient (Wildman–Crippen LogP) is 2.06. The number of carbonyl (C=O) groups excluding carboxylic acids is 3. The van der Waals surface area contributed by atoms with E-state index in [1.807, 2.05) is 20.8 Å². The molecule has 1 aromatic rings. The van der Waals surface area contributed by atoms with Crippen molar-refractivity contribution in [3.63, 3.8) is 0 Å². The number of nitrogens with one attached hydrogen (secondary N) is 2. The molecular weight excluding hydrogens is 515 g/mol. The van der Waals surface area contributed by atoms with Gasteiger partial charge < -0.3 is 19.7 Å². The third-order valence-corrected chi connectivity index (χ3v) is 5.51. The first-order valence-electron chi connectivity index (χ1n) is 10.4. The van der Waals surface area contributed by atoms with Crippen LogP contribution in [-0.4, -0.2) is 61.2 Å². The van der Waals surface area contributed by atoms with Crippen molar-refractivity contribution in [2.75, 3.05) is 26.3 Å². The molecule has 1 fully saturated rings. The van der Waals surface area contributed by atoms with Crippen LogP contribution >= 0.6 is 22.6 Å². The lowest BCUT2D eigenvalue weighted by molar-refractivity contribution is -0.139. The molecule has 0 bridgehead atoms. The Hall–Kier alpha value is -2.37. The van der Waals surface area contributed by atoms with Gasteiger partial charge in [0.25, 0.3) is 5.91 Å². The minimum atomic E-state index is -0.836. The lowest BCUT2D eigenvalue weighted by atomic mass is 10.2. The smallest absolute Gasteiger partial charge is 0.329 e. The minimum absolute atomic E-state index is 0.0419. The Morgan fingerprint density at radius 1 is 1.19 bits per heavy atom. The summed E-state index contributed by atoms with van der Waals surface area (Å²) in [5.41, 5.74) is 2.86. The Kier molecular flexibility index (Phi) is 10.0. The number of ether oxygens (including phenoxy) is 2. The molecule has 2 N–H and O–H groups in total. The summed E-state index contributed by atoms with van der Waals surface area (Å²) < 4.78 is 12.2. The first-order valence-corrected chi connectivity index (χ1v) is 11.4. The van der Waals surface area contributed by atoms with E-state index < -0.39 is 11.8 Å². The van der Waals surface area contributed by atoms with E-state index in [9.17, 15) is 14.4 Å². The van der Waals surface area contributed by atoms with Gasteiger partial charge in [0.1, 0.15) is 0 Å². The van der Waals surface area contributed by atoms with Gasteiger partial charge in [-0.3, -0.25) is 14.4 Å². The van der Waals surface area contributed by atoms with Gasteiger partial charge in [0, 0.05) is 19.1 Å². The number of likely N-dealkylation sites (tertiary alicyclic amines) is 1. The second kappa shape index (κ2) is 12.5. The predicted molar refractivity (Wildman–Crippen MR) is 125 cm³/mol. The van der Waals surface area contributed by atoms with Gasteiger partial charge in [0.2, 0.25) is 0 Å². The first kappa shape index (κ1) is 24.9. The van der Waals surface area contributed by atoms with Crippen LogP contribution in [0.2, 0.25) is 0 Å². The number of nitrogens with zero attached hydrogens (tertiary/aromatic N) is 2. The molecule has 9 nitrogen and oxygen atoms in total. The Balaban J connectivity index is 2.03. The van der Waals surface area contributed by atoms with Crippen molar-refractivity contribution >= 4 is 46.5 Å². The summed E-state index contributed by atoms with van der Waals surface area (Å²) in [4.78, 5) is 37.6. The van der Waals surface area contributed by atoms with E-state index in [0.29, 0.717) is 23.7 Å². The molecule has 170 valence electrons. The Morgan fingerprint density at radius 3 is 2.55 bits per heavy atom. The minimum Gasteiger partial charge on any atom is -0.490 e. The SMILES string of the molecule is CCOc1cc(/C=N\NC(=O)C(=O)N[C@@H](C)CC)cc(I)c1OCC(=O)N1CCCC1. The average molecular weight is 544 g/mol. The van der Waals surface area contributed by atoms with E-state index >= 15 is 0 Å². The number of benzene rings is 1. The van der Waals surface area contributed by atoms with Crippen molar-refractivity contribution in [2.24, 2.45) is 5.10 Å². The molecule has 10 heteroatoms. The molecule has 1 aromatic carbocycles. The summed E-state index contributed by atoms with van der Waals surface area (Å²) in [6.07, 6.45) is 4.19. The van der Waals surface area contributed by atoms with Crippen LogP contribution in [0, 0.1) is 3.57 Å². The molecule has 1 atom stereocenters. The van der Waals surface area contributed by atoms with Crippen LogP contribution < -0.4 is 20.2 Å². The summed E-state index contributed by atoms with van der Waals surface area (Å²) >= 11 is 2.10. The van der Waals surface area contributed by atoms with Crippen molar-refractivity contribution in [1.29, 1.82) is 0 Å². The number of rotatable bonds is 9. The molecule has 1 heterocycles. The molecule has 0 unspecified atom stereocenters. The number of hydrogen-bond acceptors (Lipinski definition) is 6. The number of amides is 3. The highest BCUT2D eigenvalue weighted by molar-refractivity contribution is 14.1. The van der Waals surface area contributed by atoms with Crippen LogP contribution in [0.5, 0.6) is 11.5 Å². The summed E-state index contributed by atoms with van der Waals surface area (Å²) in [6, 6.07) is 3.39.